The molecule has 2 rings (SSSR count). The first-order valence-electron chi connectivity index (χ1n) is 6.39. The van der Waals surface area contributed by atoms with Crippen molar-refractivity contribution >= 4 is 32.2 Å². The number of nitrogens with one attached hydrogen (secondary N) is 1. The van der Waals surface area contributed by atoms with E-state index in [1.54, 1.807) is 0 Å². The third kappa shape index (κ3) is 3.81. The second kappa shape index (κ2) is 6.25. The lowest BCUT2D eigenvalue weighted by atomic mass is 10.3. The van der Waals surface area contributed by atoms with E-state index in [2.05, 4.69) is 14.6 Å². The molecule has 1 saturated heterocycles. The number of sulfone groups is 1. The van der Waals surface area contributed by atoms with Gasteiger partial charge in [0.15, 0.2) is 15.7 Å². The minimum Gasteiger partial charge on any atom is -0.382 e. The Morgan fingerprint density at radius 2 is 2.15 bits per heavy atom. The standard InChI is InChI=1S/C11H20N4O3S2/c1-8(7-15-3-5-18-6-4-15)13-11-9(20(2,16)17)10(12)14-19-11/h8,13H,3-7H2,1-2H3,(H2,12,14). The van der Waals surface area contributed by atoms with Crippen LogP contribution in [0, 0.1) is 0 Å². The number of nitrogens with zero attached hydrogens (tertiary/aromatic N) is 2. The van der Waals surface area contributed by atoms with Crippen LogP contribution in [0.15, 0.2) is 4.90 Å². The zero-order chi connectivity index (χ0) is 14.8. The normalized spacial score (nSPS) is 18.9. The van der Waals surface area contributed by atoms with Crippen molar-refractivity contribution in [1.82, 2.24) is 9.27 Å². The topological polar surface area (TPSA) is 97.5 Å². The third-order valence-electron chi connectivity index (χ3n) is 3.06. The Hall–Kier alpha value is -0.900. The largest absolute Gasteiger partial charge is 0.382 e. The van der Waals surface area contributed by atoms with Gasteiger partial charge in [0.2, 0.25) is 0 Å². The third-order valence-corrected chi connectivity index (χ3v) is 5.13. The number of anilines is 2. The molecule has 1 fully saturated rings. The van der Waals surface area contributed by atoms with Crippen LogP contribution in [0.25, 0.3) is 0 Å². The first-order valence-corrected chi connectivity index (χ1v) is 9.06. The molecule has 1 unspecified atom stereocenters. The predicted molar refractivity (Wildman–Crippen MR) is 80.0 cm³/mol. The van der Waals surface area contributed by atoms with Gasteiger partial charge in [-0.3, -0.25) is 4.90 Å². The Kier molecular flexibility index (Phi) is 4.84. The van der Waals surface area contributed by atoms with E-state index >= 15 is 0 Å². The molecule has 0 radical (unpaired) electrons. The van der Waals surface area contributed by atoms with Crippen LogP contribution >= 0.6 is 11.5 Å². The minimum absolute atomic E-state index is 0.0681. The molecule has 0 saturated carbocycles. The lowest BCUT2D eigenvalue weighted by molar-refractivity contribution is 0.0368. The van der Waals surface area contributed by atoms with Gasteiger partial charge in [0.25, 0.3) is 0 Å². The lowest BCUT2D eigenvalue weighted by Gasteiger charge is -2.29. The van der Waals surface area contributed by atoms with Crippen molar-refractivity contribution in [3.8, 4) is 0 Å². The molecule has 1 atom stereocenters. The molecule has 1 aliphatic rings. The van der Waals surface area contributed by atoms with E-state index in [4.69, 9.17) is 10.5 Å². The minimum atomic E-state index is -3.37. The molecule has 0 aromatic carbocycles. The Bertz CT molecular complexity index is 552. The molecule has 7 nitrogen and oxygen atoms in total. The van der Waals surface area contributed by atoms with Gasteiger partial charge in [0.05, 0.1) is 13.2 Å². The van der Waals surface area contributed by atoms with E-state index in [9.17, 15) is 8.42 Å². The summed E-state index contributed by atoms with van der Waals surface area (Å²) in [5.74, 6) is 0.0681. The number of nitrogen functional groups attached to an aromatic ring is 1. The predicted octanol–water partition coefficient (Wildman–Crippen LogP) is 0.261. The van der Waals surface area contributed by atoms with Crippen LogP contribution in [0.3, 0.4) is 0 Å². The van der Waals surface area contributed by atoms with Crippen molar-refractivity contribution in [2.75, 3.05) is 50.2 Å². The zero-order valence-electron chi connectivity index (χ0n) is 11.6. The van der Waals surface area contributed by atoms with Crippen LogP contribution < -0.4 is 11.1 Å². The number of nitrogens with two attached hydrogens (primary N) is 1. The van der Waals surface area contributed by atoms with Crippen LogP contribution in [0.1, 0.15) is 6.92 Å². The van der Waals surface area contributed by atoms with Gasteiger partial charge in [-0.1, -0.05) is 0 Å². The molecular formula is C11H20N4O3S2. The molecule has 0 aliphatic carbocycles. The van der Waals surface area contributed by atoms with Gasteiger partial charge in [0, 0.05) is 31.9 Å². The van der Waals surface area contributed by atoms with Gasteiger partial charge >= 0.3 is 0 Å². The van der Waals surface area contributed by atoms with Crippen molar-refractivity contribution in [3.63, 3.8) is 0 Å². The zero-order valence-corrected chi connectivity index (χ0v) is 13.3. The number of ether oxygens (including phenoxy) is 1. The SMILES string of the molecule is CC(CN1CCOCC1)Nc1snc(N)c1S(C)(=O)=O. The van der Waals surface area contributed by atoms with E-state index in [1.165, 1.54) is 0 Å². The summed E-state index contributed by atoms with van der Waals surface area (Å²) in [5, 5.41) is 3.72. The van der Waals surface area contributed by atoms with Crippen molar-refractivity contribution in [2.45, 2.75) is 17.9 Å². The van der Waals surface area contributed by atoms with Crippen LogP contribution in [-0.4, -0.2) is 62.8 Å². The van der Waals surface area contributed by atoms with Crippen LogP contribution in [0.2, 0.25) is 0 Å². The Balaban J connectivity index is 2.02. The van der Waals surface area contributed by atoms with E-state index in [1.807, 2.05) is 6.92 Å². The number of rotatable bonds is 5. The van der Waals surface area contributed by atoms with Crippen molar-refractivity contribution in [2.24, 2.45) is 0 Å². The molecular weight excluding hydrogens is 300 g/mol. The summed E-state index contributed by atoms with van der Waals surface area (Å²) in [4.78, 5) is 2.39. The molecule has 0 spiro atoms. The summed E-state index contributed by atoms with van der Waals surface area (Å²) in [6.07, 6.45) is 1.14. The summed E-state index contributed by atoms with van der Waals surface area (Å²) in [6.45, 7) is 6.12. The highest BCUT2D eigenvalue weighted by atomic mass is 32.2. The highest BCUT2D eigenvalue weighted by Crippen LogP contribution is 2.31. The fourth-order valence-corrected chi connectivity index (χ4v) is 4.35. The average Bonchev–Trinajstić information content (AvgIpc) is 2.71. The molecule has 0 bridgehead atoms. The number of hydrogen-bond donors (Lipinski definition) is 2. The quantitative estimate of drug-likeness (QED) is 0.803. The summed E-state index contributed by atoms with van der Waals surface area (Å²) >= 11 is 1.08. The van der Waals surface area contributed by atoms with E-state index in [-0.39, 0.29) is 16.8 Å². The summed E-state index contributed by atoms with van der Waals surface area (Å²) in [6, 6.07) is 0.105. The highest BCUT2D eigenvalue weighted by molar-refractivity contribution is 7.91. The number of aromatic nitrogens is 1. The lowest BCUT2D eigenvalue weighted by Crippen LogP contribution is -2.42. The van der Waals surface area contributed by atoms with Crippen LogP contribution in [-0.2, 0) is 14.6 Å². The molecule has 1 aromatic heterocycles. The maximum atomic E-state index is 11.7. The molecule has 114 valence electrons. The van der Waals surface area contributed by atoms with Crippen molar-refractivity contribution in [3.05, 3.63) is 0 Å². The smallest absolute Gasteiger partial charge is 0.182 e. The molecule has 1 aliphatic heterocycles. The van der Waals surface area contributed by atoms with Crippen LogP contribution in [0.4, 0.5) is 10.8 Å². The van der Waals surface area contributed by atoms with Gasteiger partial charge < -0.3 is 15.8 Å². The van der Waals surface area contributed by atoms with Crippen LogP contribution in [0.5, 0.6) is 0 Å². The van der Waals surface area contributed by atoms with Gasteiger partial charge in [-0.05, 0) is 18.5 Å². The first-order chi connectivity index (χ1) is 9.38. The van der Waals surface area contributed by atoms with E-state index in [0.717, 1.165) is 50.6 Å². The molecule has 3 N–H and O–H groups in total. The second-order valence-corrected chi connectivity index (χ2v) is 7.68. The fourth-order valence-electron chi connectivity index (χ4n) is 2.18. The van der Waals surface area contributed by atoms with E-state index < -0.39 is 9.84 Å². The first kappa shape index (κ1) is 15.5. The maximum Gasteiger partial charge on any atom is 0.182 e. The van der Waals surface area contributed by atoms with Crippen molar-refractivity contribution < 1.29 is 13.2 Å². The van der Waals surface area contributed by atoms with Gasteiger partial charge in [0.1, 0.15) is 9.90 Å². The average molecular weight is 320 g/mol. The molecule has 20 heavy (non-hydrogen) atoms. The fraction of sp³-hybridized carbons (Fsp3) is 0.727. The monoisotopic (exact) mass is 320 g/mol. The number of morpholine rings is 1. The number of hydrogen-bond acceptors (Lipinski definition) is 8. The van der Waals surface area contributed by atoms with Gasteiger partial charge in [-0.25, -0.2) is 8.42 Å². The van der Waals surface area contributed by atoms with Gasteiger partial charge in [-0.2, -0.15) is 4.37 Å². The van der Waals surface area contributed by atoms with E-state index in [0.29, 0.717) is 5.00 Å². The highest BCUT2D eigenvalue weighted by Gasteiger charge is 2.23. The molecule has 2 heterocycles. The Morgan fingerprint density at radius 1 is 1.50 bits per heavy atom. The summed E-state index contributed by atoms with van der Waals surface area (Å²) in [5.41, 5.74) is 5.64. The summed E-state index contributed by atoms with van der Waals surface area (Å²) < 4.78 is 32.7. The Labute approximate surface area is 123 Å². The summed E-state index contributed by atoms with van der Waals surface area (Å²) in [7, 11) is -3.37. The maximum absolute atomic E-state index is 11.7. The Morgan fingerprint density at radius 3 is 2.75 bits per heavy atom. The van der Waals surface area contributed by atoms with Gasteiger partial charge in [-0.15, -0.1) is 0 Å². The molecule has 0 amide bonds. The second-order valence-electron chi connectivity index (χ2n) is 4.96. The molecule has 9 heteroatoms. The molecule has 1 aromatic rings. The van der Waals surface area contributed by atoms with Crippen molar-refractivity contribution in [1.29, 1.82) is 0 Å².